The molecule has 0 N–H and O–H groups in total. The van der Waals surface area contributed by atoms with Crippen molar-refractivity contribution in [2.24, 2.45) is 13.0 Å². The number of amides is 1. The predicted molar refractivity (Wildman–Crippen MR) is 119 cm³/mol. The number of nitriles is 1. The van der Waals surface area contributed by atoms with Crippen LogP contribution in [0, 0.1) is 17.2 Å². The third-order valence-electron chi connectivity index (χ3n) is 7.03. The van der Waals surface area contributed by atoms with Gasteiger partial charge in [-0.25, -0.2) is 0 Å². The van der Waals surface area contributed by atoms with Gasteiger partial charge in [0.05, 0.1) is 18.2 Å². The smallest absolute Gasteiger partial charge is 0.321 e. The number of nitrogens with zero attached hydrogens (tertiary/aromatic N) is 5. The summed E-state index contributed by atoms with van der Waals surface area (Å²) < 4.78 is 42.9. The Kier molecular flexibility index (Phi) is 5.24. The van der Waals surface area contributed by atoms with E-state index in [-0.39, 0.29) is 29.2 Å². The maximum atomic E-state index is 13.7. The van der Waals surface area contributed by atoms with Crippen LogP contribution in [0.1, 0.15) is 56.1 Å². The van der Waals surface area contributed by atoms with Crippen LogP contribution in [-0.4, -0.2) is 27.0 Å². The van der Waals surface area contributed by atoms with Crippen LogP contribution in [0.3, 0.4) is 0 Å². The first-order valence-electron chi connectivity index (χ1n) is 11.0. The number of aldehydes is 1. The Hall–Kier alpha value is -4.00. The Balaban J connectivity index is 1.52. The summed E-state index contributed by atoms with van der Waals surface area (Å²) in [6, 6.07) is 11.5. The van der Waals surface area contributed by atoms with Crippen molar-refractivity contribution in [2.75, 3.05) is 4.90 Å². The lowest BCUT2D eigenvalue weighted by molar-refractivity contribution is -0.138. The van der Waals surface area contributed by atoms with Crippen LogP contribution >= 0.6 is 0 Å². The number of halogens is 3. The lowest BCUT2D eigenvalue weighted by Gasteiger charge is -2.45. The van der Waals surface area contributed by atoms with Crippen LogP contribution < -0.4 is 4.90 Å². The molecular formula is C25H20F3N5O2. The van der Waals surface area contributed by atoms with E-state index in [4.69, 9.17) is 0 Å². The number of rotatable bonds is 5. The first-order valence-corrected chi connectivity index (χ1v) is 11.0. The van der Waals surface area contributed by atoms with Gasteiger partial charge in [-0.3, -0.25) is 9.59 Å². The van der Waals surface area contributed by atoms with E-state index in [9.17, 15) is 28.0 Å². The van der Waals surface area contributed by atoms with Gasteiger partial charge in [0, 0.05) is 41.6 Å². The molecule has 1 fully saturated rings. The zero-order valence-corrected chi connectivity index (χ0v) is 18.7. The van der Waals surface area contributed by atoms with Gasteiger partial charge in [0.2, 0.25) is 0 Å². The van der Waals surface area contributed by atoms with Crippen LogP contribution in [0.5, 0.6) is 0 Å². The van der Waals surface area contributed by atoms with Crippen molar-refractivity contribution in [2.45, 2.75) is 37.4 Å². The maximum Gasteiger partial charge on any atom is 0.416 e. The van der Waals surface area contributed by atoms with Crippen LogP contribution in [0.25, 0.3) is 0 Å². The van der Waals surface area contributed by atoms with E-state index in [1.165, 1.54) is 11.0 Å². The standard InChI is InChI=1S/C25H20F3N5O2/c1-32-14-30-31-22(32)10-24(8-16(9-24)11-29)17-3-2-4-18(7-17)33-12-20-19(23(33)35)5-15(13-34)6-21(20)25(26,27)28/h2-7,13-14,16H,8-10,12H2,1H3. The molecule has 5 rings (SSSR count). The molecule has 35 heavy (non-hydrogen) atoms. The fourth-order valence-corrected chi connectivity index (χ4v) is 5.19. The fourth-order valence-electron chi connectivity index (χ4n) is 5.19. The van der Waals surface area contributed by atoms with Crippen molar-refractivity contribution in [3.63, 3.8) is 0 Å². The molecule has 2 heterocycles. The van der Waals surface area contributed by atoms with Crippen molar-refractivity contribution in [3.05, 3.63) is 76.4 Å². The van der Waals surface area contributed by atoms with E-state index in [1.807, 2.05) is 23.7 Å². The van der Waals surface area contributed by atoms with Gasteiger partial charge in [-0.05, 0) is 48.2 Å². The van der Waals surface area contributed by atoms with Crippen LogP contribution in [0.15, 0.2) is 42.7 Å². The van der Waals surface area contributed by atoms with Crippen molar-refractivity contribution >= 4 is 17.9 Å². The highest BCUT2D eigenvalue weighted by molar-refractivity contribution is 6.11. The molecule has 0 unspecified atom stereocenters. The lowest BCUT2D eigenvalue weighted by atomic mass is 9.57. The minimum atomic E-state index is -4.69. The third-order valence-corrected chi connectivity index (χ3v) is 7.03. The molecule has 0 bridgehead atoms. The van der Waals surface area contributed by atoms with Crippen molar-refractivity contribution in [1.29, 1.82) is 5.26 Å². The first-order chi connectivity index (χ1) is 16.6. The molecule has 7 nitrogen and oxygen atoms in total. The van der Waals surface area contributed by atoms with E-state index in [0.29, 0.717) is 31.2 Å². The quantitative estimate of drug-likeness (QED) is 0.511. The van der Waals surface area contributed by atoms with Crippen molar-refractivity contribution < 1.29 is 22.8 Å². The van der Waals surface area contributed by atoms with Gasteiger partial charge in [-0.2, -0.15) is 18.4 Å². The number of carbonyl (C=O) groups excluding carboxylic acids is 2. The van der Waals surface area contributed by atoms with Gasteiger partial charge in [0.15, 0.2) is 0 Å². The van der Waals surface area contributed by atoms with Gasteiger partial charge in [0.1, 0.15) is 18.4 Å². The number of carbonyl (C=O) groups is 2. The molecule has 0 radical (unpaired) electrons. The molecule has 1 aromatic heterocycles. The summed E-state index contributed by atoms with van der Waals surface area (Å²) in [6.07, 6.45) is -1.03. The van der Waals surface area contributed by atoms with Gasteiger partial charge < -0.3 is 9.47 Å². The topological polar surface area (TPSA) is 91.9 Å². The normalized spacial score (nSPS) is 21.4. The van der Waals surface area contributed by atoms with E-state index < -0.39 is 23.1 Å². The minimum Gasteiger partial charge on any atom is -0.321 e. The lowest BCUT2D eigenvalue weighted by Crippen LogP contribution is -2.43. The van der Waals surface area contributed by atoms with Crippen LogP contribution in [0.4, 0.5) is 18.9 Å². The summed E-state index contributed by atoms with van der Waals surface area (Å²) in [5.41, 5.74) is -0.470. The molecule has 1 aliphatic heterocycles. The summed E-state index contributed by atoms with van der Waals surface area (Å²) in [5.74, 6) is 0.0607. The van der Waals surface area contributed by atoms with Gasteiger partial charge in [0.25, 0.3) is 5.91 Å². The highest BCUT2D eigenvalue weighted by Gasteiger charge is 2.47. The zero-order valence-electron chi connectivity index (χ0n) is 18.7. The molecule has 2 aromatic carbocycles. The number of hydrogen-bond donors (Lipinski definition) is 0. The average Bonchev–Trinajstić information content (AvgIpc) is 3.37. The molecule has 1 amide bonds. The van der Waals surface area contributed by atoms with E-state index in [0.717, 1.165) is 17.5 Å². The van der Waals surface area contributed by atoms with Crippen molar-refractivity contribution in [1.82, 2.24) is 14.8 Å². The number of aryl methyl sites for hydroxylation is 1. The molecule has 0 spiro atoms. The number of fused-ring (bicyclic) bond motifs is 1. The van der Waals surface area contributed by atoms with E-state index in [2.05, 4.69) is 16.3 Å². The Labute approximate surface area is 198 Å². The number of alkyl halides is 3. The fraction of sp³-hybridized carbons (Fsp3) is 0.320. The maximum absolute atomic E-state index is 13.7. The SMILES string of the molecule is Cn1cnnc1CC1(c2cccc(N3Cc4c(cc(C=O)cc4C(F)(F)F)C3=O)c2)CC(C#N)C1. The highest BCUT2D eigenvalue weighted by Crippen LogP contribution is 2.50. The summed E-state index contributed by atoms with van der Waals surface area (Å²) in [7, 11) is 1.84. The summed E-state index contributed by atoms with van der Waals surface area (Å²) in [5, 5.41) is 17.5. The second-order valence-corrected chi connectivity index (χ2v) is 9.20. The largest absolute Gasteiger partial charge is 0.416 e. The average molecular weight is 479 g/mol. The summed E-state index contributed by atoms with van der Waals surface area (Å²) in [6.45, 7) is -0.247. The Bertz CT molecular complexity index is 1380. The van der Waals surface area contributed by atoms with E-state index in [1.54, 1.807) is 18.5 Å². The zero-order chi connectivity index (χ0) is 25.0. The molecule has 1 saturated carbocycles. The number of benzene rings is 2. The molecule has 0 atom stereocenters. The van der Waals surface area contributed by atoms with Gasteiger partial charge in [-0.1, -0.05) is 12.1 Å². The summed E-state index contributed by atoms with van der Waals surface area (Å²) in [4.78, 5) is 25.7. The molecule has 178 valence electrons. The number of aromatic nitrogens is 3. The second-order valence-electron chi connectivity index (χ2n) is 9.20. The molecule has 2 aliphatic rings. The minimum absolute atomic E-state index is 0.110. The number of anilines is 1. The molecule has 3 aromatic rings. The monoisotopic (exact) mass is 479 g/mol. The van der Waals surface area contributed by atoms with Crippen LogP contribution in [-0.2, 0) is 31.6 Å². The molecule has 10 heteroatoms. The second kappa shape index (κ2) is 8.05. The summed E-state index contributed by atoms with van der Waals surface area (Å²) >= 11 is 0. The van der Waals surface area contributed by atoms with Gasteiger partial charge >= 0.3 is 6.18 Å². The first kappa shape index (κ1) is 22.8. The van der Waals surface area contributed by atoms with Gasteiger partial charge in [-0.15, -0.1) is 10.2 Å². The predicted octanol–water partition coefficient (Wildman–Crippen LogP) is 4.22. The molecular weight excluding hydrogens is 459 g/mol. The number of hydrogen-bond acceptors (Lipinski definition) is 5. The molecule has 1 aliphatic carbocycles. The Morgan fingerprint density at radius 1 is 1.26 bits per heavy atom. The third kappa shape index (κ3) is 3.77. The van der Waals surface area contributed by atoms with E-state index >= 15 is 0 Å². The highest BCUT2D eigenvalue weighted by atomic mass is 19.4. The van der Waals surface area contributed by atoms with Crippen molar-refractivity contribution in [3.8, 4) is 6.07 Å². The molecule has 0 saturated heterocycles. The Morgan fingerprint density at radius 3 is 2.66 bits per heavy atom. The van der Waals surface area contributed by atoms with Crippen LogP contribution in [0.2, 0.25) is 0 Å². The Morgan fingerprint density at radius 2 is 2.03 bits per heavy atom.